The third kappa shape index (κ3) is 10.2. The molecular weight excluding hydrogens is 310 g/mol. The summed E-state index contributed by atoms with van der Waals surface area (Å²) < 4.78 is 0. The Morgan fingerprint density at radius 2 is 1.60 bits per heavy atom. The van der Waals surface area contributed by atoms with E-state index in [0.29, 0.717) is 0 Å². The highest BCUT2D eigenvalue weighted by molar-refractivity contribution is 5.97. The Labute approximate surface area is 154 Å². The van der Waals surface area contributed by atoms with E-state index in [9.17, 15) is 10.1 Å². The summed E-state index contributed by atoms with van der Waals surface area (Å²) in [5.41, 5.74) is 0.227. The number of hydrogen-bond donors (Lipinski definition) is 1. The second-order valence-corrected chi connectivity index (χ2v) is 7.42. The molecule has 1 aliphatic carbocycles. The molecule has 0 atom stereocenters. The maximum absolute atomic E-state index is 12.5. The monoisotopic (exact) mass is 347 g/mol. The number of carbonyl (C=O) groups excluding carboxylic acids is 1. The SMILES string of the molecule is CCCCN(C)/C=C(/C#N)C(=O)NC1CCCCCCCCCCC1. The summed E-state index contributed by atoms with van der Waals surface area (Å²) in [5, 5.41) is 12.5. The normalized spacial score (nSPS) is 18.5. The highest BCUT2D eigenvalue weighted by Crippen LogP contribution is 2.17. The first-order chi connectivity index (χ1) is 12.2. The molecule has 0 bridgehead atoms. The van der Waals surface area contributed by atoms with Crippen LogP contribution in [-0.4, -0.2) is 30.4 Å². The Morgan fingerprint density at radius 1 is 1.08 bits per heavy atom. The van der Waals surface area contributed by atoms with Crippen LogP contribution in [-0.2, 0) is 4.79 Å². The molecule has 1 saturated carbocycles. The van der Waals surface area contributed by atoms with Gasteiger partial charge in [-0.25, -0.2) is 0 Å². The lowest BCUT2D eigenvalue weighted by molar-refractivity contribution is -0.118. The minimum atomic E-state index is -0.206. The van der Waals surface area contributed by atoms with Gasteiger partial charge in [-0.2, -0.15) is 5.26 Å². The molecule has 1 rings (SSSR count). The van der Waals surface area contributed by atoms with E-state index in [2.05, 4.69) is 18.3 Å². The van der Waals surface area contributed by atoms with Gasteiger partial charge >= 0.3 is 0 Å². The fourth-order valence-electron chi connectivity index (χ4n) is 3.40. The molecule has 0 saturated heterocycles. The standard InChI is InChI=1S/C21H37N3O/c1-3-4-16-24(2)18-19(17-22)21(25)23-20-14-12-10-8-6-5-7-9-11-13-15-20/h18,20H,3-16H2,1-2H3,(H,23,25)/b19-18-. The van der Waals surface area contributed by atoms with Crippen molar-refractivity contribution in [1.29, 1.82) is 5.26 Å². The molecule has 0 aromatic rings. The van der Waals surface area contributed by atoms with Gasteiger partial charge in [-0.1, -0.05) is 71.1 Å². The van der Waals surface area contributed by atoms with Crippen LogP contribution in [0.1, 0.15) is 90.4 Å². The molecule has 1 fully saturated rings. The van der Waals surface area contributed by atoms with Crippen LogP contribution in [0.3, 0.4) is 0 Å². The van der Waals surface area contributed by atoms with Gasteiger partial charge in [0.1, 0.15) is 11.6 Å². The Balaban J connectivity index is 2.56. The van der Waals surface area contributed by atoms with Crippen molar-refractivity contribution in [2.24, 2.45) is 0 Å². The van der Waals surface area contributed by atoms with Crippen molar-refractivity contribution in [1.82, 2.24) is 10.2 Å². The lowest BCUT2D eigenvalue weighted by Gasteiger charge is -2.20. The molecule has 4 heteroatoms. The van der Waals surface area contributed by atoms with Crippen LogP contribution >= 0.6 is 0 Å². The van der Waals surface area contributed by atoms with Gasteiger partial charge in [-0.3, -0.25) is 4.79 Å². The van der Waals surface area contributed by atoms with Crippen molar-refractivity contribution in [2.75, 3.05) is 13.6 Å². The zero-order valence-corrected chi connectivity index (χ0v) is 16.4. The van der Waals surface area contributed by atoms with E-state index in [1.807, 2.05) is 11.9 Å². The molecule has 25 heavy (non-hydrogen) atoms. The van der Waals surface area contributed by atoms with Gasteiger partial charge in [0, 0.05) is 25.8 Å². The highest BCUT2D eigenvalue weighted by atomic mass is 16.1. The Bertz CT molecular complexity index is 427. The summed E-state index contributed by atoms with van der Waals surface area (Å²) >= 11 is 0. The predicted octanol–water partition coefficient (Wildman–Crippen LogP) is 4.92. The molecule has 1 aliphatic rings. The lowest BCUT2D eigenvalue weighted by Crippen LogP contribution is -2.36. The van der Waals surface area contributed by atoms with Crippen LogP contribution in [0.25, 0.3) is 0 Å². The summed E-state index contributed by atoms with van der Waals surface area (Å²) in [6, 6.07) is 2.29. The predicted molar refractivity (Wildman–Crippen MR) is 104 cm³/mol. The first-order valence-electron chi connectivity index (χ1n) is 10.3. The molecular formula is C21H37N3O. The van der Waals surface area contributed by atoms with Crippen molar-refractivity contribution in [3.05, 3.63) is 11.8 Å². The van der Waals surface area contributed by atoms with Crippen LogP contribution in [0.4, 0.5) is 0 Å². The van der Waals surface area contributed by atoms with E-state index in [1.54, 1.807) is 6.20 Å². The van der Waals surface area contributed by atoms with E-state index in [0.717, 1.165) is 32.2 Å². The molecule has 1 N–H and O–H groups in total. The molecule has 0 aromatic heterocycles. The summed E-state index contributed by atoms with van der Waals surface area (Å²) in [6.07, 6.45) is 17.5. The number of amides is 1. The summed E-state index contributed by atoms with van der Waals surface area (Å²) in [4.78, 5) is 14.4. The largest absolute Gasteiger partial charge is 0.379 e. The van der Waals surface area contributed by atoms with Crippen molar-refractivity contribution >= 4 is 5.91 Å². The fraction of sp³-hybridized carbons (Fsp3) is 0.810. The minimum Gasteiger partial charge on any atom is -0.379 e. The summed E-state index contributed by atoms with van der Waals surface area (Å²) in [5.74, 6) is -0.206. The summed E-state index contributed by atoms with van der Waals surface area (Å²) in [7, 11) is 1.93. The Kier molecular flexibility index (Phi) is 11.9. The van der Waals surface area contributed by atoms with Crippen LogP contribution in [0, 0.1) is 11.3 Å². The second-order valence-electron chi connectivity index (χ2n) is 7.42. The maximum Gasteiger partial charge on any atom is 0.263 e. The molecule has 0 spiro atoms. The lowest BCUT2D eigenvalue weighted by atomic mass is 9.97. The van der Waals surface area contributed by atoms with Crippen LogP contribution < -0.4 is 5.32 Å². The van der Waals surface area contributed by atoms with Crippen LogP contribution in [0.15, 0.2) is 11.8 Å². The van der Waals surface area contributed by atoms with Gasteiger partial charge in [0.05, 0.1) is 0 Å². The number of nitrogens with one attached hydrogen (secondary N) is 1. The van der Waals surface area contributed by atoms with Crippen LogP contribution in [0.2, 0.25) is 0 Å². The van der Waals surface area contributed by atoms with Crippen LogP contribution in [0.5, 0.6) is 0 Å². The van der Waals surface area contributed by atoms with Gasteiger partial charge < -0.3 is 10.2 Å². The molecule has 0 aliphatic heterocycles. The third-order valence-corrected chi connectivity index (χ3v) is 5.02. The average molecular weight is 348 g/mol. The van der Waals surface area contributed by atoms with E-state index in [4.69, 9.17) is 0 Å². The van der Waals surface area contributed by atoms with Gasteiger partial charge in [-0.05, 0) is 19.3 Å². The van der Waals surface area contributed by atoms with E-state index in [-0.39, 0.29) is 17.5 Å². The topological polar surface area (TPSA) is 56.1 Å². The molecule has 142 valence electrons. The van der Waals surface area contributed by atoms with Crippen molar-refractivity contribution in [2.45, 2.75) is 96.4 Å². The number of hydrogen-bond acceptors (Lipinski definition) is 3. The molecule has 0 unspecified atom stereocenters. The molecule has 0 heterocycles. The van der Waals surface area contributed by atoms with Crippen molar-refractivity contribution < 1.29 is 4.79 Å². The Hall–Kier alpha value is -1.50. The number of rotatable bonds is 6. The van der Waals surface area contributed by atoms with Gasteiger partial charge in [0.15, 0.2) is 0 Å². The van der Waals surface area contributed by atoms with E-state index < -0.39 is 0 Å². The van der Waals surface area contributed by atoms with E-state index in [1.165, 1.54) is 57.8 Å². The molecule has 4 nitrogen and oxygen atoms in total. The fourth-order valence-corrected chi connectivity index (χ4v) is 3.40. The van der Waals surface area contributed by atoms with Gasteiger partial charge in [-0.15, -0.1) is 0 Å². The highest BCUT2D eigenvalue weighted by Gasteiger charge is 2.16. The smallest absolute Gasteiger partial charge is 0.263 e. The van der Waals surface area contributed by atoms with Crippen molar-refractivity contribution in [3.8, 4) is 6.07 Å². The first kappa shape index (κ1) is 21.5. The van der Waals surface area contributed by atoms with Crippen molar-refractivity contribution in [3.63, 3.8) is 0 Å². The van der Waals surface area contributed by atoms with Gasteiger partial charge in [0.2, 0.25) is 0 Å². The molecule has 1 amide bonds. The average Bonchev–Trinajstić information content (AvgIpc) is 2.60. The molecule has 0 aromatic carbocycles. The number of nitriles is 1. The first-order valence-corrected chi connectivity index (χ1v) is 10.3. The number of carbonyl (C=O) groups is 1. The Morgan fingerprint density at radius 3 is 2.08 bits per heavy atom. The molecule has 0 radical (unpaired) electrons. The van der Waals surface area contributed by atoms with Gasteiger partial charge in [0.25, 0.3) is 5.91 Å². The maximum atomic E-state index is 12.5. The zero-order chi connectivity index (χ0) is 18.3. The quantitative estimate of drug-likeness (QED) is 0.548. The van der Waals surface area contributed by atoms with E-state index >= 15 is 0 Å². The minimum absolute atomic E-state index is 0.206. The summed E-state index contributed by atoms with van der Waals surface area (Å²) in [6.45, 7) is 3.01. The second kappa shape index (κ2) is 13.8. The number of unbranched alkanes of at least 4 members (excludes halogenated alkanes) is 1. The zero-order valence-electron chi connectivity index (χ0n) is 16.4. The third-order valence-electron chi connectivity index (χ3n) is 5.02. The number of nitrogens with zero attached hydrogens (tertiary/aromatic N) is 2.